The lowest BCUT2D eigenvalue weighted by molar-refractivity contribution is 0.0812. The van der Waals surface area contributed by atoms with Gasteiger partial charge in [0.2, 0.25) is 0 Å². The van der Waals surface area contributed by atoms with Crippen LogP contribution in [0.25, 0.3) is 0 Å². The van der Waals surface area contributed by atoms with E-state index >= 15 is 0 Å². The maximum absolute atomic E-state index is 9.79. The molecule has 3 aliphatic rings. The van der Waals surface area contributed by atoms with Gasteiger partial charge in [0, 0.05) is 0 Å². The van der Waals surface area contributed by atoms with E-state index in [4.69, 9.17) is 0 Å². The minimum absolute atomic E-state index is 0.438. The Morgan fingerprint density at radius 2 is 2.09 bits per heavy atom. The number of hydrogen-bond acceptors (Lipinski definition) is 1. The largest absolute Gasteiger partial charge is 0.508 e. The number of benzene rings is 1. The molecule has 2 saturated carbocycles. The summed E-state index contributed by atoms with van der Waals surface area (Å²) in [7, 11) is 0. The van der Waals surface area contributed by atoms with Crippen molar-refractivity contribution >= 4 is 0 Å². The van der Waals surface area contributed by atoms with Gasteiger partial charge in [-0.15, -0.1) is 0 Å². The second-order valence-electron chi connectivity index (χ2n) is 8.31. The van der Waals surface area contributed by atoms with E-state index in [1.54, 1.807) is 11.1 Å². The summed E-state index contributed by atoms with van der Waals surface area (Å²) in [5.41, 5.74) is 5.21. The molecule has 4 rings (SSSR count). The molecule has 1 aromatic rings. The number of phenolic OH excluding ortho intramolecular Hbond substituents is 1. The van der Waals surface area contributed by atoms with E-state index in [1.807, 2.05) is 12.1 Å². The summed E-state index contributed by atoms with van der Waals surface area (Å²) in [6.45, 7) is 4.85. The van der Waals surface area contributed by atoms with Crippen LogP contribution in [-0.2, 0) is 6.42 Å². The molecule has 1 nitrogen and oxygen atoms in total. The first-order valence-electron chi connectivity index (χ1n) is 9.65. The molecule has 3 aliphatic carbocycles. The summed E-state index contributed by atoms with van der Waals surface area (Å²) in [5.74, 6) is 2.92. The summed E-state index contributed by atoms with van der Waals surface area (Å²) in [6, 6.07) is 6.13. The average Bonchev–Trinajstić information content (AvgIpc) is 2.89. The van der Waals surface area contributed by atoms with Gasteiger partial charge in [-0.25, -0.2) is 0 Å². The van der Waals surface area contributed by atoms with Crippen LogP contribution in [0.4, 0.5) is 0 Å². The highest BCUT2D eigenvalue weighted by molar-refractivity contribution is 5.40. The minimum atomic E-state index is 0.438. The highest BCUT2D eigenvalue weighted by Gasteiger charge is 2.52. The molecule has 4 atom stereocenters. The van der Waals surface area contributed by atoms with Gasteiger partial charge in [-0.05, 0) is 91.4 Å². The Hall–Kier alpha value is -1.24. The van der Waals surface area contributed by atoms with E-state index in [0.717, 1.165) is 24.2 Å². The fraction of sp³-hybridized carbons (Fsp3) is 0.636. The number of hydrogen-bond donors (Lipinski definition) is 1. The first-order valence-corrected chi connectivity index (χ1v) is 9.65. The molecule has 0 aromatic heterocycles. The van der Waals surface area contributed by atoms with Crippen LogP contribution in [0.2, 0.25) is 0 Å². The number of phenols is 1. The lowest BCUT2D eigenvalue weighted by atomic mass is 9.55. The second-order valence-corrected chi connectivity index (χ2v) is 8.31. The molecule has 1 N–H and O–H groups in total. The van der Waals surface area contributed by atoms with Crippen molar-refractivity contribution in [2.75, 3.05) is 0 Å². The fourth-order valence-electron chi connectivity index (χ4n) is 6.07. The normalized spacial score (nSPS) is 37.3. The number of allylic oxidation sites excluding steroid dienone is 2. The van der Waals surface area contributed by atoms with Crippen LogP contribution in [-0.4, -0.2) is 5.11 Å². The second kappa shape index (κ2) is 5.69. The predicted octanol–water partition coefficient (Wildman–Crippen LogP) is 5.97. The van der Waals surface area contributed by atoms with Crippen molar-refractivity contribution in [1.82, 2.24) is 0 Å². The average molecular weight is 310 g/mol. The maximum Gasteiger partial charge on any atom is 0.115 e. The van der Waals surface area contributed by atoms with E-state index in [-0.39, 0.29) is 0 Å². The van der Waals surface area contributed by atoms with Crippen LogP contribution in [0, 0.1) is 17.3 Å². The number of fused-ring (bicyclic) bond motifs is 5. The van der Waals surface area contributed by atoms with Gasteiger partial charge in [0.1, 0.15) is 5.75 Å². The third-order valence-electron chi connectivity index (χ3n) is 7.24. The Morgan fingerprint density at radius 1 is 1.22 bits per heavy atom. The van der Waals surface area contributed by atoms with Gasteiger partial charge in [-0.3, -0.25) is 0 Å². The maximum atomic E-state index is 9.79. The van der Waals surface area contributed by atoms with Gasteiger partial charge in [0.05, 0.1) is 0 Å². The van der Waals surface area contributed by atoms with Crippen molar-refractivity contribution in [2.45, 2.75) is 71.1 Å². The van der Waals surface area contributed by atoms with Crippen molar-refractivity contribution in [3.63, 3.8) is 0 Å². The summed E-state index contributed by atoms with van der Waals surface area (Å²) in [4.78, 5) is 0. The molecule has 2 fully saturated rings. The third kappa shape index (κ3) is 2.35. The van der Waals surface area contributed by atoms with E-state index in [2.05, 4.69) is 26.0 Å². The lowest BCUT2D eigenvalue weighted by Crippen LogP contribution is -2.40. The van der Waals surface area contributed by atoms with E-state index in [0.29, 0.717) is 11.2 Å². The molecule has 0 spiro atoms. The topological polar surface area (TPSA) is 20.2 Å². The molecular weight excluding hydrogens is 280 g/mol. The summed E-state index contributed by atoms with van der Waals surface area (Å²) < 4.78 is 0. The zero-order chi connectivity index (χ0) is 16.0. The molecule has 0 radical (unpaired) electrons. The van der Waals surface area contributed by atoms with Gasteiger partial charge in [-0.1, -0.05) is 38.0 Å². The molecule has 1 heteroatoms. The number of aromatic hydroxyl groups is 1. The summed E-state index contributed by atoms with van der Waals surface area (Å²) >= 11 is 0. The van der Waals surface area contributed by atoms with Crippen LogP contribution in [0.15, 0.2) is 29.8 Å². The van der Waals surface area contributed by atoms with Crippen LogP contribution < -0.4 is 0 Å². The zero-order valence-electron chi connectivity index (χ0n) is 14.6. The van der Waals surface area contributed by atoms with Crippen molar-refractivity contribution in [2.24, 2.45) is 17.3 Å². The molecule has 0 aliphatic heterocycles. The Bertz CT molecular complexity index is 629. The van der Waals surface area contributed by atoms with Crippen molar-refractivity contribution < 1.29 is 5.11 Å². The first kappa shape index (κ1) is 15.3. The van der Waals surface area contributed by atoms with E-state index in [9.17, 15) is 5.11 Å². The Labute approximate surface area is 140 Å². The molecule has 0 saturated heterocycles. The lowest BCUT2D eigenvalue weighted by Gasteiger charge is -2.49. The summed E-state index contributed by atoms with van der Waals surface area (Å²) in [6.07, 6.45) is 13.0. The molecule has 0 heterocycles. The minimum Gasteiger partial charge on any atom is -0.508 e. The standard InChI is InChI=1S/C22H30O/c1-3-4-5-16-7-11-21-20-9-6-15-14-17(23)8-10-18(15)19(20)12-13-22(16,21)2/h5,8,10,14,19-21,23H,3-4,6-7,9,11-13H2,1-2H3/b16-5-/t19-,20-,21+,22-/m1/s1. The third-order valence-corrected chi connectivity index (χ3v) is 7.24. The Balaban J connectivity index is 1.65. The van der Waals surface area contributed by atoms with Crippen molar-refractivity contribution in [3.8, 4) is 5.75 Å². The molecule has 23 heavy (non-hydrogen) atoms. The highest BCUT2D eigenvalue weighted by atomic mass is 16.3. The van der Waals surface area contributed by atoms with Gasteiger partial charge < -0.3 is 5.11 Å². The van der Waals surface area contributed by atoms with Crippen molar-refractivity contribution in [3.05, 3.63) is 41.0 Å². The van der Waals surface area contributed by atoms with Crippen LogP contribution in [0.5, 0.6) is 5.75 Å². The van der Waals surface area contributed by atoms with Crippen LogP contribution >= 0.6 is 0 Å². The van der Waals surface area contributed by atoms with Crippen molar-refractivity contribution in [1.29, 1.82) is 0 Å². The summed E-state index contributed by atoms with van der Waals surface area (Å²) in [5, 5.41) is 9.79. The number of rotatable bonds is 2. The van der Waals surface area contributed by atoms with Crippen LogP contribution in [0.1, 0.15) is 75.8 Å². The van der Waals surface area contributed by atoms with Gasteiger partial charge in [0.25, 0.3) is 0 Å². The molecule has 1 aromatic carbocycles. The van der Waals surface area contributed by atoms with Gasteiger partial charge in [-0.2, -0.15) is 0 Å². The fourth-order valence-corrected chi connectivity index (χ4v) is 6.07. The SMILES string of the molecule is CCC/C=C1/CC[C@H]2[C@@H]3CCc4cc(O)ccc4[C@H]3CC[C@]12C. The smallest absolute Gasteiger partial charge is 0.115 e. The quantitative estimate of drug-likeness (QED) is 0.667. The van der Waals surface area contributed by atoms with Gasteiger partial charge in [0.15, 0.2) is 0 Å². The number of unbranched alkanes of at least 4 members (excludes halogenated alkanes) is 1. The zero-order valence-corrected chi connectivity index (χ0v) is 14.6. The molecule has 0 unspecified atom stereocenters. The predicted molar refractivity (Wildman–Crippen MR) is 95.7 cm³/mol. The Kier molecular flexibility index (Phi) is 3.78. The molecular formula is C22H30O. The first-order chi connectivity index (χ1) is 11.1. The van der Waals surface area contributed by atoms with Crippen LogP contribution in [0.3, 0.4) is 0 Å². The Morgan fingerprint density at radius 3 is 2.91 bits per heavy atom. The highest BCUT2D eigenvalue weighted by Crippen LogP contribution is 2.62. The monoisotopic (exact) mass is 310 g/mol. The molecule has 124 valence electrons. The molecule has 0 amide bonds. The van der Waals surface area contributed by atoms with Gasteiger partial charge >= 0.3 is 0 Å². The van der Waals surface area contributed by atoms with E-state index in [1.165, 1.54) is 50.5 Å². The van der Waals surface area contributed by atoms with E-state index < -0.39 is 0 Å². The molecule has 0 bridgehead atoms. The number of aryl methyl sites for hydroxylation is 1.